The molecule has 1 saturated heterocycles. The van der Waals surface area contributed by atoms with E-state index in [1.807, 2.05) is 0 Å². The molecule has 2 amide bonds. The summed E-state index contributed by atoms with van der Waals surface area (Å²) in [6.45, 7) is 0.591. The molecule has 3 N–H and O–H groups in total. The Morgan fingerprint density at radius 2 is 2.10 bits per heavy atom. The summed E-state index contributed by atoms with van der Waals surface area (Å²) in [6.07, 6.45) is 1.53. The Balaban J connectivity index is 2.24. The molecule has 5 nitrogen and oxygen atoms in total. The highest BCUT2D eigenvalue weighted by molar-refractivity contribution is 7.80. The van der Waals surface area contributed by atoms with E-state index in [-0.39, 0.29) is 22.8 Å². The fourth-order valence-electron chi connectivity index (χ4n) is 2.42. The summed E-state index contributed by atoms with van der Waals surface area (Å²) in [5, 5.41) is 2.60. The zero-order valence-corrected chi connectivity index (χ0v) is 12.1. The van der Waals surface area contributed by atoms with Crippen molar-refractivity contribution in [2.24, 2.45) is 5.73 Å². The molecule has 0 spiro atoms. The average molecular weight is 291 g/mol. The molecule has 1 fully saturated rings. The summed E-state index contributed by atoms with van der Waals surface area (Å²) in [4.78, 5) is 26.2. The summed E-state index contributed by atoms with van der Waals surface area (Å²) < 4.78 is 0. The van der Waals surface area contributed by atoms with E-state index in [1.54, 1.807) is 36.2 Å². The predicted octanol–water partition coefficient (Wildman–Crippen LogP) is 0.671. The molecule has 1 aromatic carbocycles. The Hall–Kier alpha value is -1.95. The van der Waals surface area contributed by atoms with E-state index < -0.39 is 0 Å². The lowest BCUT2D eigenvalue weighted by atomic mass is 10.1. The van der Waals surface area contributed by atoms with Crippen LogP contribution in [0.4, 0.5) is 0 Å². The first-order valence-corrected chi connectivity index (χ1v) is 6.88. The van der Waals surface area contributed by atoms with E-state index >= 15 is 0 Å². The Labute approximate surface area is 123 Å². The van der Waals surface area contributed by atoms with Gasteiger partial charge < -0.3 is 16.0 Å². The molecule has 1 atom stereocenters. The molecule has 6 heteroatoms. The van der Waals surface area contributed by atoms with Crippen LogP contribution in [0.15, 0.2) is 24.3 Å². The van der Waals surface area contributed by atoms with Crippen LogP contribution in [0.25, 0.3) is 0 Å². The number of likely N-dealkylation sites (N-methyl/N-ethyl adjacent to an activating group) is 1. The van der Waals surface area contributed by atoms with Crippen molar-refractivity contribution in [1.29, 1.82) is 0 Å². The maximum absolute atomic E-state index is 12.5. The number of nitrogens with zero attached hydrogens (tertiary/aromatic N) is 1. The first-order chi connectivity index (χ1) is 9.54. The van der Waals surface area contributed by atoms with Crippen LogP contribution < -0.4 is 11.1 Å². The molecule has 1 unspecified atom stereocenters. The average Bonchev–Trinajstić information content (AvgIpc) is 2.95. The number of amides is 2. The van der Waals surface area contributed by atoms with Gasteiger partial charge in [-0.3, -0.25) is 9.59 Å². The van der Waals surface area contributed by atoms with Crippen molar-refractivity contribution < 1.29 is 9.59 Å². The second-order valence-electron chi connectivity index (χ2n) is 4.72. The quantitative estimate of drug-likeness (QED) is 0.803. The second kappa shape index (κ2) is 6.00. The van der Waals surface area contributed by atoms with Crippen LogP contribution in [-0.2, 0) is 4.79 Å². The summed E-state index contributed by atoms with van der Waals surface area (Å²) in [7, 11) is 1.58. The molecule has 0 radical (unpaired) electrons. The number of likely N-dealkylation sites (tertiary alicyclic amines) is 1. The number of nitrogens with one attached hydrogen (secondary N) is 1. The number of rotatable bonds is 3. The smallest absolute Gasteiger partial charge is 0.254 e. The monoisotopic (exact) mass is 291 g/mol. The molecule has 106 valence electrons. The lowest BCUT2D eigenvalue weighted by molar-refractivity contribution is -0.124. The maximum atomic E-state index is 12.5. The van der Waals surface area contributed by atoms with Gasteiger partial charge in [0.15, 0.2) is 0 Å². The summed E-state index contributed by atoms with van der Waals surface area (Å²) in [5.74, 6) is -0.282. The zero-order chi connectivity index (χ0) is 14.7. The largest absolute Gasteiger partial charge is 0.389 e. The van der Waals surface area contributed by atoms with Gasteiger partial charge >= 0.3 is 0 Å². The van der Waals surface area contributed by atoms with Crippen LogP contribution in [0.5, 0.6) is 0 Å². The fourth-order valence-corrected chi connectivity index (χ4v) is 2.55. The van der Waals surface area contributed by atoms with Crippen LogP contribution in [-0.4, -0.2) is 41.3 Å². The van der Waals surface area contributed by atoms with Crippen molar-refractivity contribution in [2.45, 2.75) is 18.9 Å². The highest BCUT2D eigenvalue weighted by Crippen LogP contribution is 2.20. The van der Waals surface area contributed by atoms with Crippen molar-refractivity contribution in [3.8, 4) is 0 Å². The number of carbonyl (C=O) groups excluding carboxylic acids is 2. The molecule has 1 aliphatic rings. The SMILES string of the molecule is CNC(=O)C1CCCN1C(=O)c1cccc(C(N)=S)c1. The van der Waals surface area contributed by atoms with Gasteiger partial charge in [0.2, 0.25) is 5.91 Å². The van der Waals surface area contributed by atoms with E-state index in [9.17, 15) is 9.59 Å². The number of benzene rings is 1. The van der Waals surface area contributed by atoms with Gasteiger partial charge in [0.25, 0.3) is 5.91 Å². The van der Waals surface area contributed by atoms with Crippen LogP contribution in [0, 0.1) is 0 Å². The normalized spacial score (nSPS) is 17.9. The molecule has 0 aliphatic carbocycles. The Morgan fingerprint density at radius 3 is 2.75 bits per heavy atom. The van der Waals surface area contributed by atoms with Crippen molar-refractivity contribution in [3.63, 3.8) is 0 Å². The first-order valence-electron chi connectivity index (χ1n) is 6.47. The molecular weight excluding hydrogens is 274 g/mol. The number of thiocarbonyl (C=S) groups is 1. The van der Waals surface area contributed by atoms with Crippen molar-refractivity contribution in [3.05, 3.63) is 35.4 Å². The highest BCUT2D eigenvalue weighted by Gasteiger charge is 2.33. The van der Waals surface area contributed by atoms with Gasteiger partial charge in [-0.15, -0.1) is 0 Å². The number of nitrogens with two attached hydrogens (primary N) is 1. The molecule has 1 heterocycles. The Kier molecular flexibility index (Phi) is 4.34. The third-order valence-electron chi connectivity index (χ3n) is 3.46. The standard InChI is InChI=1S/C14H17N3O2S/c1-16-13(18)11-6-3-7-17(11)14(19)10-5-2-4-9(8-10)12(15)20/h2,4-5,8,11H,3,6-7H2,1H3,(H2,15,20)(H,16,18). The number of carbonyl (C=O) groups is 2. The molecule has 2 rings (SSSR count). The van der Waals surface area contributed by atoms with Crippen LogP contribution in [0.2, 0.25) is 0 Å². The maximum Gasteiger partial charge on any atom is 0.254 e. The van der Waals surface area contributed by atoms with Gasteiger partial charge in [-0.2, -0.15) is 0 Å². The topological polar surface area (TPSA) is 75.4 Å². The highest BCUT2D eigenvalue weighted by atomic mass is 32.1. The molecule has 1 aliphatic heterocycles. The third kappa shape index (κ3) is 2.80. The van der Waals surface area contributed by atoms with Crippen molar-refractivity contribution in [1.82, 2.24) is 10.2 Å². The van der Waals surface area contributed by atoms with E-state index in [4.69, 9.17) is 18.0 Å². The minimum atomic E-state index is -0.388. The Morgan fingerprint density at radius 1 is 1.40 bits per heavy atom. The van der Waals surface area contributed by atoms with E-state index in [1.165, 1.54) is 0 Å². The Bertz CT molecular complexity index is 559. The molecule has 0 bridgehead atoms. The van der Waals surface area contributed by atoms with Gasteiger partial charge in [0, 0.05) is 24.7 Å². The van der Waals surface area contributed by atoms with Crippen LogP contribution in [0.3, 0.4) is 0 Å². The summed E-state index contributed by atoms with van der Waals surface area (Å²) in [6, 6.07) is 6.50. The summed E-state index contributed by atoms with van der Waals surface area (Å²) >= 11 is 4.92. The molecular formula is C14H17N3O2S. The minimum absolute atomic E-state index is 0.124. The van der Waals surface area contributed by atoms with Gasteiger partial charge in [0.1, 0.15) is 11.0 Å². The minimum Gasteiger partial charge on any atom is -0.389 e. The third-order valence-corrected chi connectivity index (χ3v) is 3.69. The second-order valence-corrected chi connectivity index (χ2v) is 5.16. The fraction of sp³-hybridized carbons (Fsp3) is 0.357. The first kappa shape index (κ1) is 14.5. The van der Waals surface area contributed by atoms with Gasteiger partial charge in [0.05, 0.1) is 0 Å². The lowest BCUT2D eigenvalue weighted by Crippen LogP contribution is -2.44. The van der Waals surface area contributed by atoms with E-state index in [0.717, 1.165) is 6.42 Å². The van der Waals surface area contributed by atoms with Gasteiger partial charge in [-0.1, -0.05) is 24.4 Å². The van der Waals surface area contributed by atoms with Crippen molar-refractivity contribution in [2.75, 3.05) is 13.6 Å². The van der Waals surface area contributed by atoms with Gasteiger partial charge in [-0.05, 0) is 25.0 Å². The van der Waals surface area contributed by atoms with Gasteiger partial charge in [-0.25, -0.2) is 0 Å². The molecule has 20 heavy (non-hydrogen) atoms. The molecule has 0 aromatic heterocycles. The van der Waals surface area contributed by atoms with Crippen molar-refractivity contribution >= 4 is 29.0 Å². The molecule has 0 saturated carbocycles. The van der Waals surface area contributed by atoms with E-state index in [0.29, 0.717) is 24.1 Å². The molecule has 1 aromatic rings. The van der Waals surface area contributed by atoms with Crippen LogP contribution >= 0.6 is 12.2 Å². The predicted molar refractivity (Wildman–Crippen MR) is 80.5 cm³/mol. The number of hydrogen-bond acceptors (Lipinski definition) is 3. The lowest BCUT2D eigenvalue weighted by Gasteiger charge is -2.23. The summed E-state index contributed by atoms with van der Waals surface area (Å²) in [5.41, 5.74) is 6.74. The number of hydrogen-bond donors (Lipinski definition) is 2. The van der Waals surface area contributed by atoms with E-state index in [2.05, 4.69) is 5.32 Å². The van der Waals surface area contributed by atoms with Crippen LogP contribution in [0.1, 0.15) is 28.8 Å². The zero-order valence-electron chi connectivity index (χ0n) is 11.3.